The molecular formula is C24H46N2O6S3. The van der Waals surface area contributed by atoms with Gasteiger partial charge < -0.3 is 9.84 Å². The molecule has 0 fully saturated rings. The van der Waals surface area contributed by atoms with Gasteiger partial charge >= 0.3 is 0 Å². The van der Waals surface area contributed by atoms with Gasteiger partial charge in [-0.2, -0.15) is 0 Å². The van der Waals surface area contributed by atoms with Crippen LogP contribution in [-0.2, 0) is 31.2 Å². The van der Waals surface area contributed by atoms with Gasteiger partial charge in [-0.3, -0.25) is 0 Å². The summed E-state index contributed by atoms with van der Waals surface area (Å²) in [5.41, 5.74) is 1.28. The van der Waals surface area contributed by atoms with Crippen LogP contribution in [0.4, 0.5) is 0 Å². The molecule has 0 spiro atoms. The number of aromatic hydroxyl groups is 1. The number of ether oxygens (including phenoxy) is 1. The maximum Gasteiger partial charge on any atom is 0.211 e. The van der Waals surface area contributed by atoms with E-state index in [1.165, 1.54) is 58.2 Å². The van der Waals surface area contributed by atoms with E-state index >= 15 is 0 Å². The number of aryl methyl sites for hydroxylation is 1. The molecule has 35 heavy (non-hydrogen) atoms. The second-order valence-electron chi connectivity index (χ2n) is 8.41. The second kappa shape index (κ2) is 20.2. The molecule has 0 saturated heterocycles. The topological polar surface area (TPSA) is 122 Å². The van der Waals surface area contributed by atoms with Gasteiger partial charge in [-0.05, 0) is 70.3 Å². The molecule has 206 valence electrons. The Bertz CT molecular complexity index is 837. The number of nitrogens with one attached hydrogen (secondary N) is 2. The summed E-state index contributed by atoms with van der Waals surface area (Å²) in [5, 5.41) is 9.34. The van der Waals surface area contributed by atoms with Crippen molar-refractivity contribution in [1.82, 2.24) is 9.44 Å². The third kappa shape index (κ3) is 20.0. The number of hydrogen-bond donors (Lipinski definition) is 4. The van der Waals surface area contributed by atoms with Crippen molar-refractivity contribution >= 4 is 32.7 Å². The summed E-state index contributed by atoms with van der Waals surface area (Å²) in [5.74, 6) is 0.482. The van der Waals surface area contributed by atoms with Crippen LogP contribution in [0.25, 0.3) is 0 Å². The standard InChI is InChI=1S/C14H22OS.C10H24N2O5S2/c1-2-3-4-5-6-7-8-12-9-10-13(15)14(16)11-12;1-11-18(13,14)9-5-3-7-17-8-4-6-10-19(15,16)12-2/h9-11,15-16H,2-8H2,1H3;11-12H,3-10H2,1-2H3. The zero-order valence-corrected chi connectivity index (χ0v) is 24.1. The van der Waals surface area contributed by atoms with E-state index in [2.05, 4.69) is 29.0 Å². The van der Waals surface area contributed by atoms with E-state index in [-0.39, 0.29) is 17.3 Å². The number of sulfonamides is 2. The van der Waals surface area contributed by atoms with Gasteiger partial charge in [0.2, 0.25) is 20.0 Å². The number of hydrogen-bond acceptors (Lipinski definition) is 7. The Balaban J connectivity index is 0.000000669. The summed E-state index contributed by atoms with van der Waals surface area (Å²) in [6, 6.07) is 5.68. The molecule has 0 aliphatic carbocycles. The van der Waals surface area contributed by atoms with Crippen molar-refractivity contribution in [2.24, 2.45) is 0 Å². The van der Waals surface area contributed by atoms with Crippen molar-refractivity contribution in [2.75, 3.05) is 38.8 Å². The molecule has 0 unspecified atom stereocenters. The maximum absolute atomic E-state index is 11.1. The molecule has 0 bridgehead atoms. The molecule has 1 aromatic rings. The van der Waals surface area contributed by atoms with E-state index in [1.807, 2.05) is 12.1 Å². The minimum atomic E-state index is -3.12. The maximum atomic E-state index is 11.1. The highest BCUT2D eigenvalue weighted by molar-refractivity contribution is 7.89. The van der Waals surface area contributed by atoms with Gasteiger partial charge in [-0.1, -0.05) is 45.1 Å². The summed E-state index contributed by atoms with van der Waals surface area (Å²) in [4.78, 5) is 0.684. The lowest BCUT2D eigenvalue weighted by Gasteiger charge is -2.05. The highest BCUT2D eigenvalue weighted by Gasteiger charge is 2.06. The molecule has 1 aromatic carbocycles. The predicted octanol–water partition coefficient (Wildman–Crippen LogP) is 4.25. The Kier molecular flexibility index (Phi) is 19.7. The van der Waals surface area contributed by atoms with Crippen molar-refractivity contribution in [3.05, 3.63) is 23.8 Å². The van der Waals surface area contributed by atoms with Crippen LogP contribution >= 0.6 is 12.6 Å². The van der Waals surface area contributed by atoms with Crippen molar-refractivity contribution in [3.8, 4) is 5.75 Å². The highest BCUT2D eigenvalue weighted by atomic mass is 32.2. The van der Waals surface area contributed by atoms with Crippen LogP contribution < -0.4 is 9.44 Å². The minimum Gasteiger partial charge on any atom is -0.507 e. The molecule has 11 heteroatoms. The average molecular weight is 555 g/mol. The van der Waals surface area contributed by atoms with Crippen LogP contribution in [0.1, 0.15) is 76.7 Å². The number of phenolic OH excluding ortho intramolecular Hbond substituents is 1. The van der Waals surface area contributed by atoms with Crippen LogP contribution in [0.15, 0.2) is 23.1 Å². The average Bonchev–Trinajstić information content (AvgIpc) is 2.83. The monoisotopic (exact) mass is 554 g/mol. The van der Waals surface area contributed by atoms with Crippen LogP contribution in [0.5, 0.6) is 5.75 Å². The molecule has 0 aliphatic heterocycles. The molecule has 0 aliphatic rings. The summed E-state index contributed by atoms with van der Waals surface area (Å²) < 4.78 is 54.1. The van der Waals surface area contributed by atoms with Crippen molar-refractivity contribution in [2.45, 2.75) is 82.4 Å². The van der Waals surface area contributed by atoms with E-state index in [0.717, 1.165) is 6.42 Å². The van der Waals surface area contributed by atoms with Crippen LogP contribution in [0.3, 0.4) is 0 Å². The van der Waals surface area contributed by atoms with Gasteiger partial charge in [-0.25, -0.2) is 26.3 Å². The highest BCUT2D eigenvalue weighted by Crippen LogP contribution is 2.22. The molecule has 0 saturated carbocycles. The number of phenols is 1. The molecule has 0 radical (unpaired) electrons. The largest absolute Gasteiger partial charge is 0.507 e. The number of thiol groups is 1. The second-order valence-corrected chi connectivity index (χ2v) is 13.0. The molecule has 8 nitrogen and oxygen atoms in total. The van der Waals surface area contributed by atoms with Gasteiger partial charge in [0.15, 0.2) is 0 Å². The Morgan fingerprint density at radius 1 is 0.800 bits per heavy atom. The lowest BCUT2D eigenvalue weighted by atomic mass is 10.0. The van der Waals surface area contributed by atoms with E-state index in [9.17, 15) is 21.9 Å². The fourth-order valence-corrected chi connectivity index (χ4v) is 4.95. The fourth-order valence-electron chi connectivity index (χ4n) is 3.13. The van der Waals surface area contributed by atoms with Crippen molar-refractivity contribution < 1.29 is 26.7 Å². The van der Waals surface area contributed by atoms with E-state index < -0.39 is 20.0 Å². The Morgan fingerprint density at radius 3 is 1.80 bits per heavy atom. The van der Waals surface area contributed by atoms with Crippen molar-refractivity contribution in [1.29, 1.82) is 0 Å². The third-order valence-electron chi connectivity index (χ3n) is 5.38. The van der Waals surface area contributed by atoms with Crippen molar-refractivity contribution in [3.63, 3.8) is 0 Å². The first kappa shape index (κ1) is 34.1. The van der Waals surface area contributed by atoms with E-state index in [4.69, 9.17) is 4.74 Å². The van der Waals surface area contributed by atoms with E-state index in [1.54, 1.807) is 6.07 Å². The number of benzene rings is 1. The van der Waals surface area contributed by atoms with Crippen LogP contribution in [0, 0.1) is 0 Å². The Morgan fingerprint density at radius 2 is 1.31 bits per heavy atom. The Labute approximate surface area is 219 Å². The quantitative estimate of drug-likeness (QED) is 0.150. The van der Waals surface area contributed by atoms with Crippen LogP contribution in [-0.4, -0.2) is 60.8 Å². The Hall–Kier alpha value is -0.850. The van der Waals surface area contributed by atoms with E-state index in [0.29, 0.717) is 43.8 Å². The molecular weight excluding hydrogens is 508 g/mol. The van der Waals surface area contributed by atoms with Gasteiger partial charge in [0.1, 0.15) is 5.75 Å². The molecule has 3 N–H and O–H groups in total. The first-order valence-corrected chi connectivity index (χ1v) is 16.2. The molecule has 1 rings (SSSR count). The smallest absolute Gasteiger partial charge is 0.211 e. The summed E-state index contributed by atoms with van der Waals surface area (Å²) in [7, 11) is -3.45. The number of unbranched alkanes of at least 4 members (excludes halogenated alkanes) is 7. The summed E-state index contributed by atoms with van der Waals surface area (Å²) >= 11 is 4.21. The molecule has 0 heterocycles. The fraction of sp³-hybridized carbons (Fsp3) is 0.750. The van der Waals surface area contributed by atoms with Gasteiger partial charge in [0, 0.05) is 18.1 Å². The van der Waals surface area contributed by atoms with Gasteiger partial charge in [-0.15, -0.1) is 12.6 Å². The predicted molar refractivity (Wildman–Crippen MR) is 147 cm³/mol. The number of rotatable bonds is 19. The normalized spacial score (nSPS) is 11.8. The lowest BCUT2D eigenvalue weighted by molar-refractivity contribution is 0.128. The first-order chi connectivity index (χ1) is 16.6. The lowest BCUT2D eigenvalue weighted by Crippen LogP contribution is -2.22. The SMILES string of the molecule is CCCCCCCCc1ccc(O)c(S)c1.CNS(=O)(=O)CCCCOCCCCS(=O)(=O)NC. The summed E-state index contributed by atoms with van der Waals surface area (Å²) in [6.07, 6.45) is 11.5. The molecule has 0 aromatic heterocycles. The zero-order valence-electron chi connectivity index (χ0n) is 21.6. The molecule has 0 atom stereocenters. The summed E-state index contributed by atoms with van der Waals surface area (Å²) in [6.45, 7) is 3.24. The third-order valence-corrected chi connectivity index (χ3v) is 8.64. The minimum absolute atomic E-state index is 0.104. The first-order valence-electron chi connectivity index (χ1n) is 12.5. The van der Waals surface area contributed by atoms with Crippen LogP contribution in [0.2, 0.25) is 0 Å². The molecule has 0 amide bonds. The zero-order chi connectivity index (χ0) is 26.6. The van der Waals surface area contributed by atoms with Gasteiger partial charge in [0.05, 0.1) is 11.5 Å². The van der Waals surface area contributed by atoms with Gasteiger partial charge in [0.25, 0.3) is 0 Å².